The second-order valence-corrected chi connectivity index (χ2v) is 34.4. The van der Waals surface area contributed by atoms with Crippen LogP contribution < -0.4 is 10.7 Å². The van der Waals surface area contributed by atoms with E-state index in [4.69, 9.17) is 64.1 Å². The summed E-state index contributed by atoms with van der Waals surface area (Å²) in [6, 6.07) is 3.88. The van der Waals surface area contributed by atoms with Gasteiger partial charge in [0.1, 0.15) is 80.4 Å². The van der Waals surface area contributed by atoms with Gasteiger partial charge in [-0.15, -0.1) is 38.5 Å². The van der Waals surface area contributed by atoms with Crippen LogP contribution in [0.5, 0.6) is 0 Å². The van der Waals surface area contributed by atoms with Gasteiger partial charge in [-0.2, -0.15) is 5.43 Å². The first-order valence-corrected chi connectivity index (χ1v) is 35.0. The molecule has 1 amide bonds. The molecule has 3 aliphatic heterocycles. The van der Waals surface area contributed by atoms with Gasteiger partial charge in [0.25, 0.3) is 0 Å². The van der Waals surface area contributed by atoms with Crippen LogP contribution in [-0.4, -0.2) is 393 Å². The maximum atomic E-state index is 9.77. The van der Waals surface area contributed by atoms with E-state index in [0.29, 0.717) is 61.4 Å². The van der Waals surface area contributed by atoms with Crippen LogP contribution in [0.3, 0.4) is 0 Å². The monoisotopic (exact) mass is 1330 g/mol. The van der Waals surface area contributed by atoms with Crippen LogP contribution in [-0.2, 0) is 4.79 Å². The first-order valence-electron chi connectivity index (χ1n) is 35.0. The topological polar surface area (TPSA) is 163 Å². The molecular weight excluding hydrogens is 1180 g/mol. The van der Waals surface area contributed by atoms with Gasteiger partial charge in [0, 0.05) is 57.9 Å². The lowest BCUT2D eigenvalue weighted by atomic mass is 9.87. The second-order valence-electron chi connectivity index (χ2n) is 34.4. The SMILES string of the molecule is C#CC[N+](C)(C)C1CC(O)C1.C#CC[N+](C)(C)[C@@H]1C[C@@H]1O.C#CC[N+](C)(C)[C@H]1C[C@H]1O.C#CC[N+]1(C)CCCN1.C#C[C@@H]1CC[N+]1(C)CCC.C#C[C@H]1CC[N+]1(C)CCC.C[N+](C)(C)CCNC=O.C[N+](C)(C)[C@@H]1C[C@@H]1O.C[N+](C)(C)[C@H]1CC[C@H]1O.C[N+](C)(C)[C@H]1C[C@H]1O. The highest BCUT2D eigenvalue weighted by Crippen LogP contribution is 2.34. The third kappa shape index (κ3) is 34.1. The molecule has 19 nitrogen and oxygen atoms in total. The van der Waals surface area contributed by atoms with Gasteiger partial charge in [-0.25, -0.2) is 4.59 Å². The standard InChI is InChI=1S/C9H16NO.2C9H16N.2C8H14NO.C7H13N2.C7H16NO.C6H14N2O.2C6H14NO/c1-4-5-10(2,3)8-6-9(11)7-8;2*1-4-7-10(3)8-6-9(10)5-2;2*1-4-5-9(2,3)7-6-8(7)10;1-3-6-9(2)7-4-5-8-9;1-8(2,3)6-4-5-7(6)9;1-8(2,3)5-4-7-6-9;2*1-7(2,3)5-4-6(5)8/h1,8-9,11H,5-7H2,2-3H3;2*2,9H,4,6-8H2,1,3H3;2*1,7-8,10H,5-6H2,2-3H3;1,8H,4-7H2,2H3;6-7,9H,4-5H2,1-3H3;6H,4-5H2,1-3H3;2*5-6,8H,4H2,1-3H3/q7*+1;;2*+1/p+1/t;2*9-,10?;2*7-,8+;;6-,7+;;2*5-,6+/m.1010.0.10/s1. The van der Waals surface area contributed by atoms with Crippen molar-refractivity contribution in [3.8, 4) is 74.1 Å². The minimum atomic E-state index is -0.108. The van der Waals surface area contributed by atoms with Gasteiger partial charge in [-0.3, -0.25) is 4.79 Å². The highest BCUT2D eigenvalue weighted by Gasteiger charge is 2.50. The minimum Gasteiger partial charge on any atom is -0.393 e. The van der Waals surface area contributed by atoms with Gasteiger partial charge in [-0.05, 0) is 54.8 Å². The number of rotatable bonds is 18. The van der Waals surface area contributed by atoms with Crippen molar-refractivity contribution in [1.82, 2.24) is 10.7 Å². The molecule has 19 heteroatoms. The van der Waals surface area contributed by atoms with Crippen molar-refractivity contribution in [1.29, 1.82) is 0 Å². The van der Waals surface area contributed by atoms with Crippen LogP contribution in [0.4, 0.5) is 0 Å². The number of carbonyl (C=O) groups is 1. The number of nitrogens with one attached hydrogen (secondary N) is 2. The zero-order valence-electron chi connectivity index (χ0n) is 64.4. The maximum absolute atomic E-state index is 9.77. The fraction of sp³-hybridized carbons (Fsp3) is 0.827. The van der Waals surface area contributed by atoms with Crippen LogP contribution in [0.15, 0.2) is 0 Å². The lowest BCUT2D eigenvalue weighted by Crippen LogP contribution is -2.62. The molecule has 3 heterocycles. The molecule has 540 valence electrons. The molecule has 0 aromatic heterocycles. The van der Waals surface area contributed by atoms with Gasteiger partial charge in [0.2, 0.25) is 6.41 Å². The number of amides is 1. The zero-order valence-corrected chi connectivity index (χ0v) is 64.4. The van der Waals surface area contributed by atoms with E-state index in [2.05, 4.69) is 208 Å². The molecule has 6 aliphatic carbocycles. The predicted octanol–water partition coefficient (Wildman–Crippen LogP) is 1.66. The Morgan fingerprint density at radius 2 is 0.840 bits per heavy atom. The number of carbonyl (C=O) groups excluding carboxylic acids is 1. The first kappa shape index (κ1) is 90.2. The van der Waals surface area contributed by atoms with Gasteiger partial charge in [0.15, 0.2) is 18.6 Å². The van der Waals surface area contributed by atoms with Gasteiger partial charge in [0.05, 0.1) is 219 Å². The zero-order chi connectivity index (χ0) is 73.1. The molecule has 94 heavy (non-hydrogen) atoms. The lowest BCUT2D eigenvalue weighted by molar-refractivity contribution is -0.963. The molecule has 0 aromatic carbocycles. The Labute approximate surface area is 577 Å². The van der Waals surface area contributed by atoms with Gasteiger partial charge >= 0.3 is 0 Å². The third-order valence-electron chi connectivity index (χ3n) is 20.4. The number of nitrogens with zero attached hydrogens (tertiary/aromatic N) is 10. The highest BCUT2D eigenvalue weighted by molar-refractivity contribution is 5.45. The van der Waals surface area contributed by atoms with Crippen molar-refractivity contribution in [3.05, 3.63) is 0 Å². The molecule has 6 saturated carbocycles. The summed E-state index contributed by atoms with van der Waals surface area (Å²) in [6.45, 7) is 16.5. The number of aliphatic hydroxyl groups is 6. The normalized spacial score (nSPS) is 32.6. The number of hydrogen-bond donors (Lipinski definition) is 8. The van der Waals surface area contributed by atoms with Gasteiger partial charge < -0.3 is 76.3 Å². The number of aliphatic hydroxyl groups excluding tert-OH is 6. The molecule has 3 unspecified atom stereocenters. The number of hydrogen-bond acceptors (Lipinski definition) is 8. The molecular formula is C75H148N12O7+10. The summed E-state index contributed by atoms with van der Waals surface area (Å²) >= 11 is 0. The third-order valence-corrected chi connectivity index (χ3v) is 20.4. The van der Waals surface area contributed by atoms with E-state index >= 15 is 0 Å². The fourth-order valence-electron chi connectivity index (χ4n) is 12.5. The molecule has 9 aliphatic rings. The van der Waals surface area contributed by atoms with E-state index in [1.54, 1.807) is 0 Å². The molecule has 15 atom stereocenters. The summed E-state index contributed by atoms with van der Waals surface area (Å²) in [6.07, 6.45) is 45.9. The Kier molecular flexibility index (Phi) is 38.0. The quantitative estimate of drug-likeness (QED) is 0.0446. The summed E-state index contributed by atoms with van der Waals surface area (Å²) < 4.78 is 9.07. The van der Waals surface area contributed by atoms with Crippen LogP contribution >= 0.6 is 0 Å². The Morgan fingerprint density at radius 1 is 0.479 bits per heavy atom. The number of quaternary nitrogens is 10. The fourth-order valence-corrected chi connectivity index (χ4v) is 12.5. The van der Waals surface area contributed by atoms with Crippen molar-refractivity contribution in [2.75, 3.05) is 227 Å². The van der Waals surface area contributed by atoms with Crippen molar-refractivity contribution in [2.45, 2.75) is 182 Å². The highest BCUT2D eigenvalue weighted by atomic mass is 16.3. The van der Waals surface area contributed by atoms with E-state index in [9.17, 15) is 9.90 Å². The molecule has 0 aromatic rings. The lowest BCUT2D eigenvalue weighted by Gasteiger charge is -2.47. The minimum absolute atomic E-state index is 0.0185. The van der Waals surface area contributed by atoms with Crippen molar-refractivity contribution in [3.63, 3.8) is 0 Å². The molecule has 8 N–H and O–H groups in total. The van der Waals surface area contributed by atoms with Crippen molar-refractivity contribution < 1.29 is 80.4 Å². The molecule has 3 saturated heterocycles. The van der Waals surface area contributed by atoms with Crippen LogP contribution in [0.2, 0.25) is 0 Å². The smallest absolute Gasteiger partial charge is 0.207 e. The van der Waals surface area contributed by atoms with E-state index < -0.39 is 0 Å². The Hall–Kier alpha value is -3.85. The molecule has 0 radical (unpaired) electrons. The Morgan fingerprint density at radius 3 is 1.02 bits per heavy atom. The second kappa shape index (κ2) is 39.7. The number of likely N-dealkylation sites (tertiary alicyclic amines) is 2. The van der Waals surface area contributed by atoms with Crippen molar-refractivity contribution in [2.24, 2.45) is 0 Å². The van der Waals surface area contributed by atoms with E-state index in [1.165, 1.54) is 71.2 Å². The average molecular weight is 1330 g/mol. The predicted molar refractivity (Wildman–Crippen MR) is 388 cm³/mol. The summed E-state index contributed by atoms with van der Waals surface area (Å²) in [5.41, 5.74) is 3.33. The van der Waals surface area contributed by atoms with E-state index in [0.717, 1.165) is 129 Å². The van der Waals surface area contributed by atoms with Crippen LogP contribution in [0.25, 0.3) is 0 Å². The maximum Gasteiger partial charge on any atom is 0.207 e. The van der Waals surface area contributed by atoms with Crippen LogP contribution in [0, 0.1) is 74.1 Å². The Bertz CT molecular complexity index is 2340. The van der Waals surface area contributed by atoms with Gasteiger partial charge in [-0.1, -0.05) is 13.8 Å². The van der Waals surface area contributed by atoms with E-state index in [1.807, 2.05) is 0 Å². The average Bonchev–Trinajstić information content (AvgIpc) is 1.15. The Balaban J connectivity index is 0.00000102. The number of likely N-dealkylation sites (N-methyl/N-ethyl adjacent to an activating group) is 6. The molecule has 9 rings (SSSR count). The van der Waals surface area contributed by atoms with Crippen molar-refractivity contribution >= 4 is 6.41 Å². The summed E-state index contributed by atoms with van der Waals surface area (Å²) in [5.74, 6) is 16.2. The summed E-state index contributed by atoms with van der Waals surface area (Å²) in [5, 5.41) is 57.0. The first-order chi connectivity index (χ1) is 43.0. The van der Waals surface area contributed by atoms with E-state index in [-0.39, 0.29) is 36.6 Å². The summed E-state index contributed by atoms with van der Waals surface area (Å²) in [7, 11) is 44.5. The molecule has 0 spiro atoms. The van der Waals surface area contributed by atoms with Crippen LogP contribution in [0.1, 0.15) is 97.3 Å². The number of terminal acetylenes is 6. The largest absolute Gasteiger partial charge is 0.393 e. The molecule has 9 fully saturated rings. The molecule has 0 bridgehead atoms. The summed E-state index contributed by atoms with van der Waals surface area (Å²) in [4.78, 5) is 9.77.